The van der Waals surface area contributed by atoms with E-state index in [4.69, 9.17) is 9.57 Å². The molecule has 1 saturated heterocycles. The maximum absolute atomic E-state index is 13.1. The fraction of sp³-hybridized carbons (Fsp3) is 0.381. The van der Waals surface area contributed by atoms with Crippen molar-refractivity contribution in [3.05, 3.63) is 65.5 Å². The quantitative estimate of drug-likeness (QED) is 0.554. The van der Waals surface area contributed by atoms with Crippen LogP contribution < -0.4 is 4.74 Å². The van der Waals surface area contributed by atoms with Gasteiger partial charge in [-0.05, 0) is 54.3 Å². The molecule has 2 aromatic carbocycles. The number of ether oxygens (including phenoxy) is 1. The number of likely N-dealkylation sites (tertiary alicyclic amines) is 1. The lowest BCUT2D eigenvalue weighted by atomic mass is 9.98. The molecule has 0 N–H and O–H groups in total. The Balaban J connectivity index is 1.57. The van der Waals surface area contributed by atoms with Gasteiger partial charge in [0.05, 0.1) is 12.8 Å². The van der Waals surface area contributed by atoms with Gasteiger partial charge >= 0.3 is 0 Å². The highest BCUT2D eigenvalue weighted by Crippen LogP contribution is 2.28. The second-order valence-corrected chi connectivity index (χ2v) is 6.54. The van der Waals surface area contributed by atoms with E-state index in [0.29, 0.717) is 5.92 Å². The maximum atomic E-state index is 13.1. The predicted molar refractivity (Wildman–Crippen MR) is 101 cm³/mol. The summed E-state index contributed by atoms with van der Waals surface area (Å²) in [5, 5.41) is 4.13. The zero-order valence-corrected chi connectivity index (χ0v) is 15.3. The van der Waals surface area contributed by atoms with Crippen molar-refractivity contribution in [1.29, 1.82) is 0 Å². The lowest BCUT2D eigenvalue weighted by molar-refractivity contribution is 0.212. The van der Waals surface area contributed by atoms with Crippen molar-refractivity contribution in [2.24, 2.45) is 5.16 Å². The topological polar surface area (TPSA) is 34.1 Å². The number of rotatable bonds is 7. The first-order valence-corrected chi connectivity index (χ1v) is 8.92. The third-order valence-electron chi connectivity index (χ3n) is 4.90. The number of hydrogen-bond donors (Lipinski definition) is 0. The minimum Gasteiger partial charge on any atom is -0.497 e. The normalized spacial score (nSPS) is 18.1. The molecule has 1 fully saturated rings. The van der Waals surface area contributed by atoms with Gasteiger partial charge < -0.3 is 14.5 Å². The first kappa shape index (κ1) is 18.4. The molecule has 2 aromatic rings. The van der Waals surface area contributed by atoms with Gasteiger partial charge in [0.25, 0.3) is 0 Å². The molecule has 3 rings (SSSR count). The average molecular weight is 356 g/mol. The molecule has 1 heterocycles. The van der Waals surface area contributed by atoms with Crippen molar-refractivity contribution in [3.8, 4) is 5.75 Å². The summed E-state index contributed by atoms with van der Waals surface area (Å²) in [5.41, 5.74) is 3.11. The SMILES string of the molecule is CO/N=C(/CCN1CCC(c2ccc(OC)cc2)C1)c1ccc(F)cc1. The average Bonchev–Trinajstić information content (AvgIpc) is 3.15. The molecule has 4 nitrogen and oxygen atoms in total. The van der Waals surface area contributed by atoms with Crippen molar-refractivity contribution in [1.82, 2.24) is 4.90 Å². The Morgan fingerprint density at radius 3 is 2.50 bits per heavy atom. The predicted octanol–water partition coefficient (Wildman–Crippen LogP) is 4.06. The van der Waals surface area contributed by atoms with Crippen molar-refractivity contribution >= 4 is 5.71 Å². The van der Waals surface area contributed by atoms with Gasteiger partial charge in [0.15, 0.2) is 0 Å². The van der Waals surface area contributed by atoms with Crippen molar-refractivity contribution in [3.63, 3.8) is 0 Å². The summed E-state index contributed by atoms with van der Waals surface area (Å²) in [7, 11) is 3.23. The Labute approximate surface area is 154 Å². The van der Waals surface area contributed by atoms with Crippen LogP contribution in [0.1, 0.15) is 29.9 Å². The summed E-state index contributed by atoms with van der Waals surface area (Å²) in [5.74, 6) is 1.20. The maximum Gasteiger partial charge on any atom is 0.123 e. The molecule has 1 aliphatic rings. The number of halogens is 1. The molecule has 0 bridgehead atoms. The van der Waals surface area contributed by atoms with Crippen LogP contribution in [0.15, 0.2) is 53.7 Å². The lowest BCUT2D eigenvalue weighted by Crippen LogP contribution is -2.24. The molecule has 26 heavy (non-hydrogen) atoms. The summed E-state index contributed by atoms with van der Waals surface area (Å²) in [4.78, 5) is 7.43. The zero-order chi connectivity index (χ0) is 18.4. The Kier molecular flexibility index (Phi) is 6.23. The van der Waals surface area contributed by atoms with Crippen LogP contribution in [0.5, 0.6) is 5.75 Å². The summed E-state index contributed by atoms with van der Waals surface area (Å²) < 4.78 is 18.4. The van der Waals surface area contributed by atoms with Crippen molar-refractivity contribution in [2.75, 3.05) is 33.9 Å². The van der Waals surface area contributed by atoms with Crippen LogP contribution in [-0.2, 0) is 4.84 Å². The minimum atomic E-state index is -0.243. The van der Waals surface area contributed by atoms with Gasteiger partial charge in [-0.2, -0.15) is 0 Å². The molecule has 138 valence electrons. The second-order valence-electron chi connectivity index (χ2n) is 6.54. The first-order chi connectivity index (χ1) is 12.7. The second kappa shape index (κ2) is 8.81. The molecule has 0 amide bonds. The molecule has 0 radical (unpaired) electrons. The van der Waals surface area contributed by atoms with Crippen molar-refractivity contribution in [2.45, 2.75) is 18.8 Å². The van der Waals surface area contributed by atoms with Gasteiger partial charge in [0, 0.05) is 19.5 Å². The number of oxime groups is 1. The van der Waals surface area contributed by atoms with Crippen LogP contribution in [0, 0.1) is 5.82 Å². The molecule has 1 unspecified atom stereocenters. The molecule has 0 spiro atoms. The molecule has 1 atom stereocenters. The van der Waals surface area contributed by atoms with E-state index in [1.165, 1.54) is 17.7 Å². The smallest absolute Gasteiger partial charge is 0.123 e. The lowest BCUT2D eigenvalue weighted by Gasteiger charge is -2.17. The highest BCUT2D eigenvalue weighted by molar-refractivity contribution is 6.00. The summed E-state index contributed by atoms with van der Waals surface area (Å²) in [6.07, 6.45) is 1.93. The van der Waals surface area contributed by atoms with Crippen LogP contribution in [0.3, 0.4) is 0 Å². The molecule has 0 saturated carbocycles. The third kappa shape index (κ3) is 4.61. The van der Waals surface area contributed by atoms with Gasteiger partial charge in [-0.25, -0.2) is 4.39 Å². The van der Waals surface area contributed by atoms with Gasteiger partial charge in [-0.3, -0.25) is 0 Å². The molecular weight excluding hydrogens is 331 g/mol. The molecule has 5 heteroatoms. The summed E-state index contributed by atoms with van der Waals surface area (Å²) >= 11 is 0. The number of methoxy groups -OCH3 is 1. The summed E-state index contributed by atoms with van der Waals surface area (Å²) in [6.45, 7) is 3.02. The largest absolute Gasteiger partial charge is 0.497 e. The standard InChI is InChI=1S/C21H25FN2O2/c1-25-20-9-5-16(6-10-20)18-11-13-24(15-18)14-12-21(23-26-2)17-3-7-19(22)8-4-17/h3-10,18H,11-15H2,1-2H3/b23-21-. The van der Waals surface area contributed by atoms with E-state index in [1.54, 1.807) is 26.4 Å². The molecular formula is C21H25FN2O2. The molecule has 0 aliphatic carbocycles. The Bertz CT molecular complexity index is 729. The van der Waals surface area contributed by atoms with Gasteiger partial charge in [0.1, 0.15) is 18.7 Å². The van der Waals surface area contributed by atoms with Gasteiger partial charge in [-0.1, -0.05) is 29.4 Å². The van der Waals surface area contributed by atoms with Crippen LogP contribution in [0.2, 0.25) is 0 Å². The van der Waals surface area contributed by atoms with Crippen LogP contribution in [0.25, 0.3) is 0 Å². The molecule has 0 aromatic heterocycles. The first-order valence-electron chi connectivity index (χ1n) is 8.92. The van der Waals surface area contributed by atoms with E-state index < -0.39 is 0 Å². The Morgan fingerprint density at radius 2 is 1.85 bits per heavy atom. The van der Waals surface area contributed by atoms with Gasteiger partial charge in [-0.15, -0.1) is 0 Å². The van der Waals surface area contributed by atoms with E-state index in [9.17, 15) is 4.39 Å². The number of benzene rings is 2. The highest BCUT2D eigenvalue weighted by Gasteiger charge is 2.24. The van der Waals surface area contributed by atoms with Crippen LogP contribution in [-0.4, -0.2) is 44.5 Å². The Morgan fingerprint density at radius 1 is 1.12 bits per heavy atom. The van der Waals surface area contributed by atoms with Crippen LogP contribution in [0.4, 0.5) is 4.39 Å². The number of nitrogens with zero attached hydrogens (tertiary/aromatic N) is 2. The van der Waals surface area contributed by atoms with Crippen molar-refractivity contribution < 1.29 is 14.0 Å². The van der Waals surface area contributed by atoms with E-state index >= 15 is 0 Å². The van der Waals surface area contributed by atoms with E-state index in [1.807, 2.05) is 12.1 Å². The Hall–Kier alpha value is -2.40. The van der Waals surface area contributed by atoms with Gasteiger partial charge in [0.2, 0.25) is 0 Å². The minimum absolute atomic E-state index is 0.243. The zero-order valence-electron chi connectivity index (χ0n) is 15.3. The summed E-state index contributed by atoms with van der Waals surface area (Å²) in [6, 6.07) is 14.8. The molecule has 1 aliphatic heterocycles. The highest BCUT2D eigenvalue weighted by atomic mass is 19.1. The number of hydrogen-bond acceptors (Lipinski definition) is 4. The third-order valence-corrected chi connectivity index (χ3v) is 4.90. The monoisotopic (exact) mass is 356 g/mol. The fourth-order valence-corrected chi connectivity index (χ4v) is 3.44. The van der Waals surface area contributed by atoms with E-state index in [-0.39, 0.29) is 5.82 Å². The van der Waals surface area contributed by atoms with E-state index in [2.05, 4.69) is 22.2 Å². The van der Waals surface area contributed by atoms with E-state index in [0.717, 1.165) is 49.5 Å². The fourth-order valence-electron chi connectivity index (χ4n) is 3.44. The van der Waals surface area contributed by atoms with Crippen LogP contribution >= 0.6 is 0 Å².